The van der Waals surface area contributed by atoms with Crippen molar-refractivity contribution in [3.05, 3.63) is 18.2 Å². The molecule has 0 aliphatic rings. The predicted molar refractivity (Wildman–Crippen MR) is 79.6 cm³/mol. The first kappa shape index (κ1) is 16.1. The Kier molecular flexibility index (Phi) is 6.66. The second kappa shape index (κ2) is 8.27. The van der Waals surface area contributed by atoms with Crippen LogP contribution in [0.1, 0.15) is 0 Å². The van der Waals surface area contributed by atoms with Crippen LogP contribution in [0.25, 0.3) is 0 Å². The first-order valence-electron chi connectivity index (χ1n) is 6.44. The van der Waals surface area contributed by atoms with Crippen molar-refractivity contribution < 1.29 is 14.3 Å². The average molecular weight is 281 g/mol. The summed E-state index contributed by atoms with van der Waals surface area (Å²) >= 11 is 0. The van der Waals surface area contributed by atoms with Crippen molar-refractivity contribution in [3.63, 3.8) is 0 Å². The average Bonchev–Trinajstić information content (AvgIpc) is 2.44. The molecule has 0 unspecified atom stereocenters. The van der Waals surface area contributed by atoms with E-state index in [1.165, 1.54) is 0 Å². The molecule has 2 N–H and O–H groups in total. The van der Waals surface area contributed by atoms with E-state index in [4.69, 9.17) is 9.47 Å². The maximum Gasteiger partial charge on any atom is 0.239 e. The van der Waals surface area contributed by atoms with Crippen LogP contribution in [0.5, 0.6) is 11.5 Å². The van der Waals surface area contributed by atoms with E-state index in [2.05, 4.69) is 10.6 Å². The molecular formula is C14H23N3O3. The summed E-state index contributed by atoms with van der Waals surface area (Å²) in [5.74, 6) is 1.32. The van der Waals surface area contributed by atoms with Gasteiger partial charge in [0.1, 0.15) is 11.5 Å². The molecule has 1 aromatic carbocycles. The number of carbonyl (C=O) groups is 1. The summed E-state index contributed by atoms with van der Waals surface area (Å²) in [4.78, 5) is 13.7. The molecule has 112 valence electrons. The van der Waals surface area contributed by atoms with Gasteiger partial charge in [0.25, 0.3) is 0 Å². The Bertz CT molecular complexity index is 436. The van der Waals surface area contributed by atoms with E-state index in [-0.39, 0.29) is 12.5 Å². The zero-order valence-corrected chi connectivity index (χ0v) is 12.5. The quantitative estimate of drug-likeness (QED) is 0.738. The number of rotatable bonds is 8. The lowest BCUT2D eigenvalue weighted by Crippen LogP contribution is -2.35. The molecule has 0 bridgehead atoms. The predicted octanol–water partition coefficient (Wildman–Crippen LogP) is 0.793. The summed E-state index contributed by atoms with van der Waals surface area (Å²) in [6, 6.07) is 5.40. The Balaban J connectivity index is 2.49. The van der Waals surface area contributed by atoms with E-state index in [0.717, 1.165) is 12.2 Å². The monoisotopic (exact) mass is 281 g/mol. The van der Waals surface area contributed by atoms with Crippen LogP contribution < -0.4 is 20.1 Å². The Hall–Kier alpha value is -1.95. The van der Waals surface area contributed by atoms with Gasteiger partial charge < -0.3 is 25.0 Å². The lowest BCUT2D eigenvalue weighted by molar-refractivity contribution is -0.119. The number of amides is 1. The van der Waals surface area contributed by atoms with Crippen LogP contribution in [0.15, 0.2) is 18.2 Å². The molecule has 1 rings (SSSR count). The van der Waals surface area contributed by atoms with Gasteiger partial charge in [-0.3, -0.25) is 4.79 Å². The fourth-order valence-electron chi connectivity index (χ4n) is 1.61. The summed E-state index contributed by atoms with van der Waals surface area (Å²) in [7, 11) is 7.11. The van der Waals surface area contributed by atoms with E-state index >= 15 is 0 Å². The number of nitrogens with zero attached hydrogens (tertiary/aromatic N) is 1. The van der Waals surface area contributed by atoms with Crippen molar-refractivity contribution in [1.29, 1.82) is 0 Å². The number of methoxy groups -OCH3 is 2. The molecule has 0 heterocycles. The maximum atomic E-state index is 11.7. The number of anilines is 1. The molecule has 0 saturated carbocycles. The fraction of sp³-hybridized carbons (Fsp3) is 0.500. The summed E-state index contributed by atoms with van der Waals surface area (Å²) < 4.78 is 10.4. The molecule has 0 radical (unpaired) electrons. The highest BCUT2D eigenvalue weighted by molar-refractivity contribution is 5.81. The molecule has 0 fully saturated rings. The van der Waals surface area contributed by atoms with Gasteiger partial charge in [0.05, 0.1) is 26.5 Å². The van der Waals surface area contributed by atoms with Crippen LogP contribution in [0.4, 0.5) is 5.69 Å². The highest BCUT2D eigenvalue weighted by Crippen LogP contribution is 2.28. The van der Waals surface area contributed by atoms with Crippen LogP contribution in [0, 0.1) is 0 Å². The van der Waals surface area contributed by atoms with Crippen LogP contribution in [-0.4, -0.2) is 58.8 Å². The Morgan fingerprint density at radius 3 is 2.60 bits per heavy atom. The van der Waals surface area contributed by atoms with E-state index < -0.39 is 0 Å². The number of benzene rings is 1. The second-order valence-electron chi connectivity index (χ2n) is 4.57. The SMILES string of the molecule is COc1ccc(OC)c(NCC(=O)NCCN(C)C)c1. The highest BCUT2D eigenvalue weighted by Gasteiger charge is 2.07. The first-order chi connectivity index (χ1) is 9.56. The first-order valence-corrected chi connectivity index (χ1v) is 6.44. The molecule has 1 aromatic rings. The molecule has 20 heavy (non-hydrogen) atoms. The van der Waals surface area contributed by atoms with Crippen molar-refractivity contribution >= 4 is 11.6 Å². The van der Waals surface area contributed by atoms with E-state index in [9.17, 15) is 4.79 Å². The van der Waals surface area contributed by atoms with Crippen LogP contribution in [0.2, 0.25) is 0 Å². The smallest absolute Gasteiger partial charge is 0.239 e. The normalized spacial score (nSPS) is 10.2. The number of nitrogens with one attached hydrogen (secondary N) is 2. The van der Waals surface area contributed by atoms with Crippen molar-refractivity contribution in [2.24, 2.45) is 0 Å². The van der Waals surface area contributed by atoms with E-state index in [1.807, 2.05) is 19.0 Å². The number of hydrogen-bond donors (Lipinski definition) is 2. The molecule has 0 spiro atoms. The minimum Gasteiger partial charge on any atom is -0.497 e. The van der Waals surface area contributed by atoms with Gasteiger partial charge >= 0.3 is 0 Å². The van der Waals surface area contributed by atoms with Gasteiger partial charge in [-0.05, 0) is 26.2 Å². The van der Waals surface area contributed by atoms with Crippen molar-refractivity contribution in [2.45, 2.75) is 0 Å². The largest absolute Gasteiger partial charge is 0.497 e. The molecule has 1 amide bonds. The fourth-order valence-corrected chi connectivity index (χ4v) is 1.61. The molecular weight excluding hydrogens is 258 g/mol. The van der Waals surface area contributed by atoms with Gasteiger partial charge in [0.15, 0.2) is 0 Å². The van der Waals surface area contributed by atoms with Crippen molar-refractivity contribution in [3.8, 4) is 11.5 Å². The summed E-state index contributed by atoms with van der Waals surface area (Å²) in [6.07, 6.45) is 0. The van der Waals surface area contributed by atoms with Gasteiger partial charge in [0.2, 0.25) is 5.91 Å². The lowest BCUT2D eigenvalue weighted by atomic mass is 10.2. The minimum atomic E-state index is -0.0586. The van der Waals surface area contributed by atoms with Gasteiger partial charge in [-0.15, -0.1) is 0 Å². The topological polar surface area (TPSA) is 62.8 Å². The number of likely N-dealkylation sites (N-methyl/N-ethyl adjacent to an activating group) is 1. The van der Waals surface area contributed by atoms with Crippen LogP contribution >= 0.6 is 0 Å². The number of carbonyl (C=O) groups excluding carboxylic acids is 1. The van der Waals surface area contributed by atoms with Gasteiger partial charge in [-0.1, -0.05) is 0 Å². The van der Waals surface area contributed by atoms with Gasteiger partial charge in [-0.25, -0.2) is 0 Å². The Morgan fingerprint density at radius 1 is 1.25 bits per heavy atom. The standard InChI is InChI=1S/C14H23N3O3/c1-17(2)8-7-15-14(18)10-16-12-9-11(19-3)5-6-13(12)20-4/h5-6,9,16H,7-8,10H2,1-4H3,(H,15,18). The third-order valence-electron chi connectivity index (χ3n) is 2.73. The molecule has 0 aliphatic heterocycles. The third-order valence-corrected chi connectivity index (χ3v) is 2.73. The lowest BCUT2D eigenvalue weighted by Gasteiger charge is -2.13. The Labute approximate surface area is 120 Å². The van der Waals surface area contributed by atoms with Gasteiger partial charge in [0, 0.05) is 19.2 Å². The third kappa shape index (κ3) is 5.36. The second-order valence-corrected chi connectivity index (χ2v) is 4.57. The van der Waals surface area contributed by atoms with Crippen LogP contribution in [0.3, 0.4) is 0 Å². The molecule has 0 saturated heterocycles. The van der Waals surface area contributed by atoms with Crippen LogP contribution in [-0.2, 0) is 4.79 Å². The summed E-state index contributed by atoms with van der Waals surface area (Å²) in [5, 5.41) is 5.88. The maximum absolute atomic E-state index is 11.7. The highest BCUT2D eigenvalue weighted by atomic mass is 16.5. The number of hydrogen-bond acceptors (Lipinski definition) is 5. The molecule has 0 atom stereocenters. The minimum absolute atomic E-state index is 0.0586. The Morgan fingerprint density at radius 2 is 2.00 bits per heavy atom. The zero-order valence-electron chi connectivity index (χ0n) is 12.5. The molecule has 0 aliphatic carbocycles. The molecule has 0 aromatic heterocycles. The summed E-state index contributed by atoms with van der Waals surface area (Å²) in [5.41, 5.74) is 0.731. The van der Waals surface area contributed by atoms with E-state index in [0.29, 0.717) is 18.0 Å². The zero-order chi connectivity index (χ0) is 15.0. The van der Waals surface area contributed by atoms with Crippen molar-refractivity contribution in [1.82, 2.24) is 10.2 Å². The number of ether oxygens (including phenoxy) is 2. The molecule has 6 heteroatoms. The summed E-state index contributed by atoms with van der Waals surface area (Å²) in [6.45, 7) is 1.63. The van der Waals surface area contributed by atoms with E-state index in [1.54, 1.807) is 32.4 Å². The van der Waals surface area contributed by atoms with Crippen molar-refractivity contribution in [2.75, 3.05) is 53.3 Å². The molecule has 6 nitrogen and oxygen atoms in total. The van der Waals surface area contributed by atoms with Gasteiger partial charge in [-0.2, -0.15) is 0 Å².